The van der Waals surface area contributed by atoms with Gasteiger partial charge in [0.2, 0.25) is 0 Å². The number of nitrogens with two attached hydrogens (primary N) is 1. The van der Waals surface area contributed by atoms with Crippen molar-refractivity contribution in [1.29, 1.82) is 0 Å². The number of fused-ring (bicyclic) bond motifs is 5. The summed E-state index contributed by atoms with van der Waals surface area (Å²) in [6.07, 6.45) is 4.10. The Morgan fingerprint density at radius 3 is 2.69 bits per heavy atom. The maximum absolute atomic E-state index is 6.19. The Morgan fingerprint density at radius 1 is 1.19 bits per heavy atom. The quantitative estimate of drug-likeness (QED) is 0.706. The van der Waals surface area contributed by atoms with Crippen molar-refractivity contribution in [1.82, 2.24) is 0 Å². The van der Waals surface area contributed by atoms with Gasteiger partial charge in [-0.25, -0.2) is 0 Å². The summed E-state index contributed by atoms with van der Waals surface area (Å²) < 4.78 is 0. The SMILES string of the molecule is CC(C)C1C2CCCC1c1c(N)cccc12. The van der Waals surface area contributed by atoms with Crippen LogP contribution in [0.5, 0.6) is 0 Å². The van der Waals surface area contributed by atoms with E-state index in [9.17, 15) is 0 Å². The van der Waals surface area contributed by atoms with E-state index in [1.807, 2.05) is 0 Å². The molecule has 1 nitrogen and oxygen atoms in total. The molecular formula is C15H21N. The predicted octanol–water partition coefficient (Wildman–Crippen LogP) is 3.91. The molecule has 1 aromatic rings. The number of hydrogen-bond acceptors (Lipinski definition) is 1. The molecule has 3 rings (SSSR count). The molecule has 0 aliphatic heterocycles. The van der Waals surface area contributed by atoms with E-state index in [0.717, 1.165) is 29.4 Å². The second-order valence-corrected chi connectivity index (χ2v) is 5.82. The van der Waals surface area contributed by atoms with Gasteiger partial charge in [-0.3, -0.25) is 0 Å². The van der Waals surface area contributed by atoms with Crippen molar-refractivity contribution in [3.8, 4) is 0 Å². The van der Waals surface area contributed by atoms with E-state index >= 15 is 0 Å². The average molecular weight is 215 g/mol. The molecule has 2 aliphatic carbocycles. The van der Waals surface area contributed by atoms with E-state index in [4.69, 9.17) is 5.73 Å². The average Bonchev–Trinajstić information content (AvgIpc) is 2.46. The van der Waals surface area contributed by atoms with Crippen LogP contribution in [-0.4, -0.2) is 0 Å². The molecule has 0 heterocycles. The second kappa shape index (κ2) is 3.51. The molecule has 0 spiro atoms. The minimum absolute atomic E-state index is 0.745. The van der Waals surface area contributed by atoms with Gasteiger partial charge in [-0.15, -0.1) is 0 Å². The lowest BCUT2D eigenvalue weighted by atomic mass is 9.71. The zero-order chi connectivity index (χ0) is 11.3. The summed E-state index contributed by atoms with van der Waals surface area (Å²) in [6, 6.07) is 6.53. The molecule has 3 atom stereocenters. The first-order chi connectivity index (χ1) is 7.70. The number of rotatable bonds is 1. The van der Waals surface area contributed by atoms with Crippen LogP contribution in [0.3, 0.4) is 0 Å². The molecule has 16 heavy (non-hydrogen) atoms. The maximum Gasteiger partial charge on any atom is 0.0352 e. The predicted molar refractivity (Wildman–Crippen MR) is 68.5 cm³/mol. The third-order valence-electron chi connectivity index (χ3n) is 4.67. The fourth-order valence-electron chi connectivity index (χ4n) is 4.21. The highest BCUT2D eigenvalue weighted by Gasteiger charge is 2.44. The molecule has 2 N–H and O–H groups in total. The Bertz CT molecular complexity index is 408. The fraction of sp³-hybridized carbons (Fsp3) is 0.600. The van der Waals surface area contributed by atoms with Crippen LogP contribution in [0.1, 0.15) is 56.1 Å². The van der Waals surface area contributed by atoms with Crippen molar-refractivity contribution in [3.63, 3.8) is 0 Å². The van der Waals surface area contributed by atoms with Crippen molar-refractivity contribution in [2.24, 2.45) is 11.8 Å². The number of anilines is 1. The third kappa shape index (κ3) is 1.24. The van der Waals surface area contributed by atoms with Gasteiger partial charge in [0.25, 0.3) is 0 Å². The normalized spacial score (nSPS) is 31.8. The Balaban J connectivity index is 2.14. The Kier molecular flexibility index (Phi) is 2.24. The van der Waals surface area contributed by atoms with Crippen molar-refractivity contribution in [3.05, 3.63) is 29.3 Å². The topological polar surface area (TPSA) is 26.0 Å². The van der Waals surface area contributed by atoms with Crippen molar-refractivity contribution < 1.29 is 0 Å². The van der Waals surface area contributed by atoms with Crippen LogP contribution in [0.25, 0.3) is 0 Å². The minimum Gasteiger partial charge on any atom is -0.398 e. The number of hydrogen-bond donors (Lipinski definition) is 1. The third-order valence-corrected chi connectivity index (χ3v) is 4.67. The monoisotopic (exact) mass is 215 g/mol. The standard InChI is InChI=1S/C15H21N/c1-9(2)14-10-5-3-7-12(14)15-11(10)6-4-8-13(15)16/h4,6,8-10,12,14H,3,5,7,16H2,1-2H3. The van der Waals surface area contributed by atoms with Crippen LogP contribution < -0.4 is 5.73 Å². The molecule has 2 bridgehead atoms. The van der Waals surface area contributed by atoms with E-state index in [1.165, 1.54) is 24.8 Å². The highest BCUT2D eigenvalue weighted by Crippen LogP contribution is 2.58. The molecule has 86 valence electrons. The van der Waals surface area contributed by atoms with Crippen LogP contribution in [-0.2, 0) is 0 Å². The maximum atomic E-state index is 6.19. The molecule has 0 amide bonds. The number of nitrogen functional groups attached to an aromatic ring is 1. The van der Waals surface area contributed by atoms with Gasteiger partial charge in [0, 0.05) is 5.69 Å². The van der Waals surface area contributed by atoms with Gasteiger partial charge in [-0.05, 0) is 53.7 Å². The molecule has 1 saturated carbocycles. The summed E-state index contributed by atoms with van der Waals surface area (Å²) in [5.41, 5.74) is 10.3. The molecule has 2 aliphatic rings. The minimum atomic E-state index is 0.745. The van der Waals surface area contributed by atoms with Gasteiger partial charge in [-0.2, -0.15) is 0 Å². The summed E-state index contributed by atoms with van der Waals surface area (Å²) in [5, 5.41) is 0. The number of benzene rings is 1. The fourth-order valence-corrected chi connectivity index (χ4v) is 4.21. The van der Waals surface area contributed by atoms with Crippen molar-refractivity contribution in [2.75, 3.05) is 5.73 Å². The lowest BCUT2D eigenvalue weighted by molar-refractivity contribution is 0.230. The van der Waals surface area contributed by atoms with E-state index in [-0.39, 0.29) is 0 Å². The van der Waals surface area contributed by atoms with Gasteiger partial charge in [-0.1, -0.05) is 32.4 Å². The van der Waals surface area contributed by atoms with Gasteiger partial charge >= 0.3 is 0 Å². The van der Waals surface area contributed by atoms with Crippen molar-refractivity contribution >= 4 is 5.69 Å². The van der Waals surface area contributed by atoms with Gasteiger partial charge in [0.05, 0.1) is 0 Å². The first kappa shape index (κ1) is 10.2. The van der Waals surface area contributed by atoms with Gasteiger partial charge in [0.1, 0.15) is 0 Å². The first-order valence-corrected chi connectivity index (χ1v) is 6.58. The summed E-state index contributed by atoms with van der Waals surface area (Å²) in [5.74, 6) is 3.16. The van der Waals surface area contributed by atoms with E-state index < -0.39 is 0 Å². The second-order valence-electron chi connectivity index (χ2n) is 5.82. The smallest absolute Gasteiger partial charge is 0.0352 e. The molecule has 3 unspecified atom stereocenters. The van der Waals surface area contributed by atoms with Crippen molar-refractivity contribution in [2.45, 2.75) is 44.9 Å². The summed E-state index contributed by atoms with van der Waals surface area (Å²) in [7, 11) is 0. The van der Waals surface area contributed by atoms with Crippen LogP contribution in [0.15, 0.2) is 18.2 Å². The molecular weight excluding hydrogens is 194 g/mol. The van der Waals surface area contributed by atoms with Crippen LogP contribution >= 0.6 is 0 Å². The highest BCUT2D eigenvalue weighted by molar-refractivity contribution is 5.57. The Labute approximate surface area is 98.0 Å². The van der Waals surface area contributed by atoms with Gasteiger partial charge < -0.3 is 5.73 Å². The molecule has 0 aromatic heterocycles. The lowest BCUT2D eigenvalue weighted by Gasteiger charge is -2.33. The van der Waals surface area contributed by atoms with Crippen LogP contribution in [0.4, 0.5) is 5.69 Å². The summed E-state index contributed by atoms with van der Waals surface area (Å²) >= 11 is 0. The first-order valence-electron chi connectivity index (χ1n) is 6.58. The van der Waals surface area contributed by atoms with E-state index in [2.05, 4.69) is 32.0 Å². The van der Waals surface area contributed by atoms with Gasteiger partial charge in [0.15, 0.2) is 0 Å². The largest absolute Gasteiger partial charge is 0.398 e. The molecule has 1 aromatic carbocycles. The molecule has 1 heteroatoms. The van der Waals surface area contributed by atoms with Crippen LogP contribution in [0.2, 0.25) is 0 Å². The summed E-state index contributed by atoms with van der Waals surface area (Å²) in [4.78, 5) is 0. The molecule has 0 saturated heterocycles. The van der Waals surface area contributed by atoms with Crippen LogP contribution in [0, 0.1) is 11.8 Å². The Morgan fingerprint density at radius 2 is 1.94 bits per heavy atom. The lowest BCUT2D eigenvalue weighted by Crippen LogP contribution is -2.22. The zero-order valence-corrected chi connectivity index (χ0v) is 10.2. The summed E-state index contributed by atoms with van der Waals surface area (Å²) in [6.45, 7) is 4.75. The zero-order valence-electron chi connectivity index (χ0n) is 10.2. The molecule has 0 radical (unpaired) electrons. The van der Waals surface area contributed by atoms with E-state index in [1.54, 1.807) is 5.56 Å². The molecule has 1 fully saturated rings. The highest BCUT2D eigenvalue weighted by atomic mass is 14.6. The van der Waals surface area contributed by atoms with E-state index in [0.29, 0.717) is 0 Å². The Hall–Kier alpha value is -0.980.